The van der Waals surface area contributed by atoms with Crippen LogP contribution >= 0.6 is 0 Å². The van der Waals surface area contributed by atoms with Crippen molar-refractivity contribution in [1.82, 2.24) is 4.90 Å². The summed E-state index contributed by atoms with van der Waals surface area (Å²) < 4.78 is 29.6. The number of carboxylic acid groups (broad SMARTS) is 1. The zero-order chi connectivity index (χ0) is 22.5. The van der Waals surface area contributed by atoms with Crippen molar-refractivity contribution in [2.75, 3.05) is 19.3 Å². The Kier molecular flexibility index (Phi) is 7.12. The Balaban J connectivity index is 0.000000858. The normalized spacial score (nSPS) is 21.3. The Hall–Kier alpha value is -2.71. The van der Waals surface area contributed by atoms with E-state index in [4.69, 9.17) is 14.6 Å². The van der Waals surface area contributed by atoms with Gasteiger partial charge >= 0.3 is 0 Å². The first-order valence-corrected chi connectivity index (χ1v) is 12.1. The third-order valence-electron chi connectivity index (χ3n) is 5.74. The van der Waals surface area contributed by atoms with E-state index in [0.29, 0.717) is 22.6 Å². The summed E-state index contributed by atoms with van der Waals surface area (Å²) >= 11 is 0. The van der Waals surface area contributed by atoms with Crippen LogP contribution in [0.1, 0.15) is 41.6 Å². The summed E-state index contributed by atoms with van der Waals surface area (Å²) in [5, 5.41) is 6.89. The number of carbonyl (C=O) groups excluding carboxylic acids is 1. The lowest BCUT2D eigenvalue weighted by Gasteiger charge is -2.37. The number of nitrogens with zero attached hydrogens (tertiary/aromatic N) is 1. The molecule has 2 aliphatic heterocycles. The molecule has 1 spiro atoms. The number of carbonyl (C=O) groups is 2. The first kappa shape index (κ1) is 23.0. The SMILES string of the molecule is CS(=O)(=O)c1ccc(CN2CCCC3(CC2)CC(=O)c2ccccc2O3)cc1.O=CO. The maximum Gasteiger partial charge on any atom is 0.290 e. The number of sulfone groups is 1. The van der Waals surface area contributed by atoms with Crippen LogP contribution in [-0.4, -0.2) is 55.6 Å². The molecule has 1 N–H and O–H groups in total. The molecule has 0 aliphatic carbocycles. The van der Waals surface area contributed by atoms with Gasteiger partial charge in [-0.3, -0.25) is 14.5 Å². The maximum absolute atomic E-state index is 12.6. The molecule has 0 amide bonds. The lowest BCUT2D eigenvalue weighted by molar-refractivity contribution is -0.122. The van der Waals surface area contributed by atoms with Crippen LogP contribution in [0.5, 0.6) is 5.75 Å². The van der Waals surface area contributed by atoms with Gasteiger partial charge in [0.2, 0.25) is 0 Å². The van der Waals surface area contributed by atoms with E-state index < -0.39 is 15.4 Å². The fourth-order valence-electron chi connectivity index (χ4n) is 4.20. The number of hydrogen-bond acceptors (Lipinski definition) is 6. The number of fused-ring (bicyclic) bond motifs is 1. The molecule has 0 bridgehead atoms. The van der Waals surface area contributed by atoms with E-state index in [0.717, 1.165) is 44.5 Å². The topological polar surface area (TPSA) is 101 Å². The smallest absolute Gasteiger partial charge is 0.290 e. The highest BCUT2D eigenvalue weighted by atomic mass is 32.2. The van der Waals surface area contributed by atoms with Gasteiger partial charge in [-0.15, -0.1) is 0 Å². The van der Waals surface area contributed by atoms with Gasteiger partial charge in [-0.1, -0.05) is 24.3 Å². The Labute approximate surface area is 182 Å². The van der Waals surface area contributed by atoms with Crippen molar-refractivity contribution < 1.29 is 27.9 Å². The van der Waals surface area contributed by atoms with Crippen LogP contribution in [0.4, 0.5) is 0 Å². The number of rotatable bonds is 3. The van der Waals surface area contributed by atoms with Crippen molar-refractivity contribution >= 4 is 22.1 Å². The number of para-hydroxylation sites is 1. The molecule has 7 nitrogen and oxygen atoms in total. The third-order valence-corrected chi connectivity index (χ3v) is 6.87. The Morgan fingerprint density at radius 2 is 1.77 bits per heavy atom. The molecule has 2 heterocycles. The number of benzene rings is 2. The van der Waals surface area contributed by atoms with Gasteiger partial charge in [0, 0.05) is 25.8 Å². The predicted molar refractivity (Wildman–Crippen MR) is 116 cm³/mol. The minimum atomic E-state index is -3.17. The fourth-order valence-corrected chi connectivity index (χ4v) is 4.83. The molecule has 0 radical (unpaired) electrons. The summed E-state index contributed by atoms with van der Waals surface area (Å²) in [6.45, 7) is 2.31. The van der Waals surface area contributed by atoms with Crippen LogP contribution in [0.15, 0.2) is 53.4 Å². The molecule has 1 atom stereocenters. The summed E-state index contributed by atoms with van der Waals surface area (Å²) in [5.41, 5.74) is 1.38. The van der Waals surface area contributed by atoms with E-state index in [2.05, 4.69) is 4.90 Å². The van der Waals surface area contributed by atoms with Gasteiger partial charge in [-0.25, -0.2) is 8.42 Å². The van der Waals surface area contributed by atoms with Gasteiger partial charge in [0.15, 0.2) is 15.6 Å². The summed E-state index contributed by atoms with van der Waals surface area (Å²) in [6.07, 6.45) is 4.32. The molecule has 2 aromatic carbocycles. The van der Waals surface area contributed by atoms with Crippen molar-refractivity contribution in [1.29, 1.82) is 0 Å². The van der Waals surface area contributed by atoms with Crippen molar-refractivity contribution in [3.05, 3.63) is 59.7 Å². The minimum absolute atomic E-state index is 0.173. The number of ketones is 1. The average Bonchev–Trinajstić information content (AvgIpc) is 2.90. The second-order valence-electron chi connectivity index (χ2n) is 8.03. The van der Waals surface area contributed by atoms with E-state index in [1.54, 1.807) is 12.1 Å². The van der Waals surface area contributed by atoms with E-state index in [-0.39, 0.29) is 12.3 Å². The highest BCUT2D eigenvalue weighted by molar-refractivity contribution is 7.90. The molecule has 0 aromatic heterocycles. The van der Waals surface area contributed by atoms with Gasteiger partial charge in [0.25, 0.3) is 6.47 Å². The second kappa shape index (κ2) is 9.62. The zero-order valence-electron chi connectivity index (χ0n) is 17.5. The monoisotopic (exact) mass is 445 g/mol. The lowest BCUT2D eigenvalue weighted by Crippen LogP contribution is -2.42. The summed E-state index contributed by atoms with van der Waals surface area (Å²) in [6, 6.07) is 14.6. The molecule has 4 rings (SSSR count). The number of likely N-dealkylation sites (tertiary alicyclic amines) is 1. The van der Waals surface area contributed by atoms with Gasteiger partial charge in [-0.2, -0.15) is 0 Å². The molecule has 1 saturated heterocycles. The van der Waals surface area contributed by atoms with Crippen molar-refractivity contribution in [3.8, 4) is 5.75 Å². The van der Waals surface area contributed by atoms with E-state index in [1.165, 1.54) is 6.26 Å². The molecule has 2 aromatic rings. The first-order valence-electron chi connectivity index (χ1n) is 10.2. The summed E-state index contributed by atoms with van der Waals surface area (Å²) in [4.78, 5) is 23.7. The zero-order valence-corrected chi connectivity index (χ0v) is 18.3. The Morgan fingerprint density at radius 3 is 2.45 bits per heavy atom. The lowest BCUT2D eigenvalue weighted by atomic mass is 9.84. The van der Waals surface area contributed by atoms with Gasteiger partial charge in [0.1, 0.15) is 11.4 Å². The van der Waals surface area contributed by atoms with Crippen LogP contribution in [-0.2, 0) is 21.2 Å². The van der Waals surface area contributed by atoms with E-state index >= 15 is 0 Å². The standard InChI is InChI=1S/C22H25NO4S.CH2O2/c1-28(25,26)18-9-7-17(8-10-18)16-23-13-4-11-22(12-14-23)15-20(24)19-5-2-3-6-21(19)27-22;2-1-3/h2-3,5-10H,4,11-16H2,1H3;1H,(H,2,3). The largest absolute Gasteiger partial charge is 0.486 e. The maximum atomic E-state index is 12.6. The van der Waals surface area contributed by atoms with Crippen molar-refractivity contribution in [2.45, 2.75) is 42.7 Å². The molecular weight excluding hydrogens is 418 g/mol. The number of hydrogen-bond donors (Lipinski definition) is 1. The van der Waals surface area contributed by atoms with E-state index in [1.807, 2.05) is 36.4 Å². The minimum Gasteiger partial charge on any atom is -0.486 e. The molecule has 1 unspecified atom stereocenters. The van der Waals surface area contributed by atoms with Crippen molar-refractivity contribution in [2.24, 2.45) is 0 Å². The molecular formula is C23H27NO6S. The highest BCUT2D eigenvalue weighted by Gasteiger charge is 2.41. The quantitative estimate of drug-likeness (QED) is 0.724. The van der Waals surface area contributed by atoms with E-state index in [9.17, 15) is 13.2 Å². The van der Waals surface area contributed by atoms with Gasteiger partial charge in [-0.05, 0) is 49.2 Å². The number of ether oxygens (including phenoxy) is 1. The summed E-state index contributed by atoms with van der Waals surface area (Å²) in [5.74, 6) is 0.884. The molecule has 166 valence electrons. The first-order chi connectivity index (χ1) is 14.8. The van der Waals surface area contributed by atoms with Crippen molar-refractivity contribution in [3.63, 3.8) is 0 Å². The molecule has 0 saturated carbocycles. The fraction of sp³-hybridized carbons (Fsp3) is 0.391. The molecule has 8 heteroatoms. The predicted octanol–water partition coefficient (Wildman–Crippen LogP) is 3.18. The molecule has 31 heavy (non-hydrogen) atoms. The third kappa shape index (κ3) is 5.71. The van der Waals surface area contributed by atoms with Crippen LogP contribution in [0.3, 0.4) is 0 Å². The average molecular weight is 446 g/mol. The molecule has 2 aliphatic rings. The van der Waals surface area contributed by atoms with Gasteiger partial charge in [0.05, 0.1) is 16.9 Å². The Morgan fingerprint density at radius 1 is 1.10 bits per heavy atom. The highest BCUT2D eigenvalue weighted by Crippen LogP contribution is 2.39. The second-order valence-corrected chi connectivity index (χ2v) is 10.0. The van der Waals surface area contributed by atoms with Crippen LogP contribution in [0, 0.1) is 0 Å². The molecule has 1 fully saturated rings. The Bertz CT molecular complexity index is 1030. The summed E-state index contributed by atoms with van der Waals surface area (Å²) in [7, 11) is -3.17. The number of Topliss-reactive ketones (excluding diaryl/α,β-unsaturated/α-hetero) is 1. The van der Waals surface area contributed by atoms with Crippen LogP contribution in [0.2, 0.25) is 0 Å². The van der Waals surface area contributed by atoms with Gasteiger partial charge < -0.3 is 9.84 Å². The van der Waals surface area contributed by atoms with Crippen LogP contribution < -0.4 is 4.74 Å². The van der Waals surface area contributed by atoms with Crippen LogP contribution in [0.25, 0.3) is 0 Å².